The lowest BCUT2D eigenvalue weighted by Crippen LogP contribution is -2.22. The fraction of sp³-hybridized carbons (Fsp3) is 0.273. The first kappa shape index (κ1) is 11.5. The molecular weight excluding hydrogens is 248 g/mol. The molecule has 3 heterocycles. The standard InChI is InChI=1S/C11H12N6O2/c1-5-9-7(15-16(3)10(9)19)4-8(18)17(5)11-12-6(2)13-14-11/h4,15H,1-3H3,(H,12,13,14). The van der Waals surface area contributed by atoms with Crippen molar-refractivity contribution in [3.05, 3.63) is 38.3 Å². The predicted molar refractivity (Wildman–Crippen MR) is 68.6 cm³/mol. The van der Waals surface area contributed by atoms with Crippen molar-refractivity contribution in [1.82, 2.24) is 29.5 Å². The maximum atomic E-state index is 12.1. The Hall–Kier alpha value is -2.64. The molecule has 98 valence electrons. The summed E-state index contributed by atoms with van der Waals surface area (Å²) < 4.78 is 2.66. The molecule has 0 aliphatic heterocycles. The van der Waals surface area contributed by atoms with E-state index < -0.39 is 0 Å². The van der Waals surface area contributed by atoms with Crippen LogP contribution in [-0.4, -0.2) is 29.5 Å². The van der Waals surface area contributed by atoms with Crippen LogP contribution in [0.4, 0.5) is 0 Å². The molecule has 0 fully saturated rings. The van der Waals surface area contributed by atoms with E-state index in [4.69, 9.17) is 0 Å². The van der Waals surface area contributed by atoms with Crippen LogP contribution >= 0.6 is 0 Å². The smallest absolute Gasteiger partial charge is 0.275 e. The SMILES string of the molecule is Cc1nc(-n2c(C)c3c(=O)n(C)[nH]c3cc2=O)n[nH]1. The number of fused-ring (bicyclic) bond motifs is 1. The molecule has 0 aliphatic rings. The maximum Gasteiger partial charge on any atom is 0.275 e. The summed E-state index contributed by atoms with van der Waals surface area (Å²) in [5, 5.41) is 9.93. The van der Waals surface area contributed by atoms with Gasteiger partial charge in [0.05, 0.1) is 10.9 Å². The Morgan fingerprint density at radius 1 is 1.26 bits per heavy atom. The summed E-state index contributed by atoms with van der Waals surface area (Å²) in [5.41, 5.74) is 0.557. The first-order valence-electron chi connectivity index (χ1n) is 5.70. The lowest BCUT2D eigenvalue weighted by atomic mass is 10.2. The van der Waals surface area contributed by atoms with Crippen LogP contribution < -0.4 is 11.1 Å². The van der Waals surface area contributed by atoms with Gasteiger partial charge in [0.15, 0.2) is 0 Å². The van der Waals surface area contributed by atoms with Crippen molar-refractivity contribution in [2.24, 2.45) is 7.05 Å². The summed E-state index contributed by atoms with van der Waals surface area (Å²) in [5.74, 6) is 0.841. The van der Waals surface area contributed by atoms with Gasteiger partial charge in [-0.2, -0.15) is 4.98 Å². The summed E-state index contributed by atoms with van der Waals surface area (Å²) in [4.78, 5) is 28.3. The molecule has 0 amide bonds. The summed E-state index contributed by atoms with van der Waals surface area (Å²) >= 11 is 0. The molecule has 0 radical (unpaired) electrons. The number of aryl methyl sites for hydroxylation is 3. The molecule has 0 spiro atoms. The lowest BCUT2D eigenvalue weighted by molar-refractivity contribution is 0.751. The molecule has 0 atom stereocenters. The van der Waals surface area contributed by atoms with Crippen LogP contribution in [0, 0.1) is 13.8 Å². The Morgan fingerprint density at radius 2 is 2.00 bits per heavy atom. The minimum absolute atomic E-state index is 0.187. The summed E-state index contributed by atoms with van der Waals surface area (Å²) in [6.07, 6.45) is 0. The largest absolute Gasteiger partial charge is 0.295 e. The van der Waals surface area contributed by atoms with E-state index in [2.05, 4.69) is 20.3 Å². The molecule has 19 heavy (non-hydrogen) atoms. The minimum Gasteiger partial charge on any atom is -0.295 e. The Bertz CT molecular complexity index is 894. The van der Waals surface area contributed by atoms with Crippen molar-refractivity contribution in [1.29, 1.82) is 0 Å². The molecule has 8 nitrogen and oxygen atoms in total. The van der Waals surface area contributed by atoms with E-state index >= 15 is 0 Å². The molecule has 0 saturated heterocycles. The zero-order chi connectivity index (χ0) is 13.7. The predicted octanol–water partition coefficient (Wildman–Crippen LogP) is -0.248. The number of aromatic amines is 2. The Balaban J connectivity index is 2.46. The van der Waals surface area contributed by atoms with Crippen molar-refractivity contribution in [3.8, 4) is 5.95 Å². The molecule has 3 aromatic rings. The second kappa shape index (κ2) is 3.67. The van der Waals surface area contributed by atoms with Crippen molar-refractivity contribution >= 4 is 10.9 Å². The highest BCUT2D eigenvalue weighted by Crippen LogP contribution is 2.12. The molecule has 8 heteroatoms. The van der Waals surface area contributed by atoms with Gasteiger partial charge in [-0.3, -0.25) is 24.5 Å². The molecule has 0 unspecified atom stereocenters. The molecule has 0 aliphatic carbocycles. The van der Waals surface area contributed by atoms with Crippen molar-refractivity contribution in [2.45, 2.75) is 13.8 Å². The van der Waals surface area contributed by atoms with E-state index in [1.54, 1.807) is 20.9 Å². The molecular formula is C11H12N6O2. The van der Waals surface area contributed by atoms with E-state index in [0.717, 1.165) is 0 Å². The Kier molecular flexibility index (Phi) is 2.21. The molecule has 3 rings (SSSR count). The summed E-state index contributed by atoms with van der Waals surface area (Å²) in [7, 11) is 1.60. The van der Waals surface area contributed by atoms with Crippen LogP contribution in [0.2, 0.25) is 0 Å². The van der Waals surface area contributed by atoms with Crippen LogP contribution in [-0.2, 0) is 7.05 Å². The highest BCUT2D eigenvalue weighted by Gasteiger charge is 2.15. The van der Waals surface area contributed by atoms with Gasteiger partial charge >= 0.3 is 0 Å². The second-order valence-electron chi connectivity index (χ2n) is 4.39. The number of hydrogen-bond donors (Lipinski definition) is 2. The maximum absolute atomic E-state index is 12.1. The van der Waals surface area contributed by atoms with E-state index in [1.807, 2.05) is 0 Å². The fourth-order valence-corrected chi connectivity index (χ4v) is 2.17. The Morgan fingerprint density at radius 3 is 2.63 bits per heavy atom. The van der Waals surface area contributed by atoms with Crippen LogP contribution in [0.5, 0.6) is 0 Å². The monoisotopic (exact) mass is 260 g/mol. The van der Waals surface area contributed by atoms with Gasteiger partial charge in [-0.15, -0.1) is 5.10 Å². The van der Waals surface area contributed by atoms with Gasteiger partial charge in [0.2, 0.25) is 0 Å². The van der Waals surface area contributed by atoms with Gasteiger partial charge in [0, 0.05) is 18.8 Å². The average Bonchev–Trinajstić information content (AvgIpc) is 2.85. The van der Waals surface area contributed by atoms with Crippen molar-refractivity contribution in [3.63, 3.8) is 0 Å². The van der Waals surface area contributed by atoms with Gasteiger partial charge < -0.3 is 0 Å². The number of rotatable bonds is 1. The number of hydrogen-bond acceptors (Lipinski definition) is 4. The third-order valence-corrected chi connectivity index (χ3v) is 3.05. The highest BCUT2D eigenvalue weighted by atomic mass is 16.1. The van der Waals surface area contributed by atoms with E-state index in [1.165, 1.54) is 15.3 Å². The number of pyridine rings is 1. The van der Waals surface area contributed by atoms with Gasteiger partial charge in [-0.25, -0.2) is 4.57 Å². The fourth-order valence-electron chi connectivity index (χ4n) is 2.17. The number of nitrogens with one attached hydrogen (secondary N) is 2. The third-order valence-electron chi connectivity index (χ3n) is 3.05. The minimum atomic E-state index is -0.286. The topological polar surface area (TPSA) is 101 Å². The number of H-pyrrole nitrogens is 2. The van der Waals surface area contributed by atoms with Crippen LogP contribution in [0.15, 0.2) is 15.7 Å². The second-order valence-corrected chi connectivity index (χ2v) is 4.39. The van der Waals surface area contributed by atoms with E-state index in [0.29, 0.717) is 22.4 Å². The first-order chi connectivity index (χ1) is 8.99. The molecule has 0 bridgehead atoms. The van der Waals surface area contributed by atoms with E-state index in [-0.39, 0.29) is 17.1 Å². The van der Waals surface area contributed by atoms with E-state index in [9.17, 15) is 9.59 Å². The van der Waals surface area contributed by atoms with Gasteiger partial charge in [0.25, 0.3) is 17.1 Å². The van der Waals surface area contributed by atoms with Gasteiger partial charge in [-0.1, -0.05) is 0 Å². The third kappa shape index (κ3) is 1.53. The molecule has 3 aromatic heterocycles. The zero-order valence-corrected chi connectivity index (χ0v) is 10.7. The van der Waals surface area contributed by atoms with Crippen LogP contribution in [0.1, 0.15) is 11.5 Å². The summed E-state index contributed by atoms with van der Waals surface area (Å²) in [6.45, 7) is 3.44. The first-order valence-corrected chi connectivity index (χ1v) is 5.70. The highest BCUT2D eigenvalue weighted by molar-refractivity contribution is 5.80. The average molecular weight is 260 g/mol. The zero-order valence-electron chi connectivity index (χ0n) is 10.7. The molecule has 0 saturated carbocycles. The quantitative estimate of drug-likeness (QED) is 0.630. The van der Waals surface area contributed by atoms with Crippen LogP contribution in [0.25, 0.3) is 16.9 Å². The molecule has 0 aromatic carbocycles. The van der Waals surface area contributed by atoms with Gasteiger partial charge in [0.1, 0.15) is 5.82 Å². The van der Waals surface area contributed by atoms with Crippen molar-refractivity contribution < 1.29 is 0 Å². The number of aromatic nitrogens is 6. The molecule has 2 N–H and O–H groups in total. The van der Waals surface area contributed by atoms with Crippen LogP contribution in [0.3, 0.4) is 0 Å². The summed E-state index contributed by atoms with van der Waals surface area (Å²) in [6, 6.07) is 1.37. The van der Waals surface area contributed by atoms with Gasteiger partial charge in [-0.05, 0) is 13.8 Å². The van der Waals surface area contributed by atoms with Crippen molar-refractivity contribution in [2.75, 3.05) is 0 Å². The normalized spacial score (nSPS) is 11.3. The Labute approximate surface area is 106 Å². The number of nitrogens with zero attached hydrogens (tertiary/aromatic N) is 4. The lowest BCUT2D eigenvalue weighted by Gasteiger charge is -2.04.